The third-order valence-electron chi connectivity index (χ3n) is 4.09. The minimum atomic E-state index is -0.465. The highest BCUT2D eigenvalue weighted by Gasteiger charge is 2.18. The van der Waals surface area contributed by atoms with E-state index in [1.54, 1.807) is 35.2 Å². The Morgan fingerprint density at radius 1 is 1.15 bits per heavy atom. The van der Waals surface area contributed by atoms with Gasteiger partial charge in [-0.15, -0.1) is 0 Å². The van der Waals surface area contributed by atoms with Crippen LogP contribution in [-0.4, -0.2) is 36.4 Å². The van der Waals surface area contributed by atoms with Crippen molar-refractivity contribution in [2.45, 2.75) is 12.8 Å². The number of carbonyl (C=O) groups is 2. The molecule has 0 saturated carbocycles. The van der Waals surface area contributed by atoms with E-state index in [2.05, 4.69) is 5.32 Å². The molecule has 0 unspecified atom stereocenters. The van der Waals surface area contributed by atoms with Crippen molar-refractivity contribution in [3.63, 3.8) is 0 Å². The second-order valence-corrected chi connectivity index (χ2v) is 7.14. The molecule has 2 aromatic rings. The van der Waals surface area contributed by atoms with Crippen molar-refractivity contribution in [1.82, 2.24) is 4.90 Å². The van der Waals surface area contributed by atoms with Gasteiger partial charge in [-0.25, -0.2) is 4.39 Å². The third-order valence-corrected chi connectivity index (χ3v) is 5.03. The second kappa shape index (κ2) is 8.48. The number of carbonyl (C=O) groups excluding carboxylic acids is 2. The molecule has 3 rings (SSSR count). The van der Waals surface area contributed by atoms with Gasteiger partial charge in [0.25, 0.3) is 11.8 Å². The number of benzene rings is 2. The lowest BCUT2D eigenvalue weighted by atomic mass is 10.2. The highest BCUT2D eigenvalue weighted by Crippen LogP contribution is 2.20. The number of halogens is 2. The summed E-state index contributed by atoms with van der Waals surface area (Å²) in [5.74, 6) is -0.414. The lowest BCUT2D eigenvalue weighted by molar-refractivity contribution is -0.132. The number of ether oxygens (including phenoxy) is 1. The average molecular weight is 468 g/mol. The number of nitrogens with zero attached hydrogens (tertiary/aromatic N) is 1. The molecule has 1 heterocycles. The lowest BCUT2D eigenvalue weighted by Gasteiger charge is -2.16. The smallest absolute Gasteiger partial charge is 0.260 e. The number of nitrogens with one attached hydrogen (secondary N) is 1. The number of anilines is 1. The molecule has 0 bridgehead atoms. The third kappa shape index (κ3) is 4.72. The molecule has 5 nitrogen and oxygen atoms in total. The van der Waals surface area contributed by atoms with Gasteiger partial charge in [0.1, 0.15) is 11.6 Å². The van der Waals surface area contributed by atoms with Crippen molar-refractivity contribution >= 4 is 40.1 Å². The van der Waals surface area contributed by atoms with Gasteiger partial charge >= 0.3 is 0 Å². The zero-order valence-electron chi connectivity index (χ0n) is 14.0. The van der Waals surface area contributed by atoms with Gasteiger partial charge < -0.3 is 15.0 Å². The van der Waals surface area contributed by atoms with Crippen LogP contribution >= 0.6 is 22.6 Å². The van der Waals surface area contributed by atoms with Crippen LogP contribution in [0.25, 0.3) is 0 Å². The van der Waals surface area contributed by atoms with Crippen molar-refractivity contribution in [2.75, 3.05) is 25.0 Å². The summed E-state index contributed by atoms with van der Waals surface area (Å²) in [5.41, 5.74) is 0.780. The van der Waals surface area contributed by atoms with E-state index in [1.807, 2.05) is 22.6 Å². The van der Waals surface area contributed by atoms with Crippen LogP contribution in [0.5, 0.6) is 5.75 Å². The van der Waals surface area contributed by atoms with E-state index < -0.39 is 11.7 Å². The van der Waals surface area contributed by atoms with Gasteiger partial charge in [0.05, 0.1) is 5.56 Å². The van der Waals surface area contributed by atoms with Crippen LogP contribution in [0.15, 0.2) is 42.5 Å². The van der Waals surface area contributed by atoms with Gasteiger partial charge in [0.2, 0.25) is 0 Å². The van der Waals surface area contributed by atoms with Crippen molar-refractivity contribution < 1.29 is 18.7 Å². The van der Waals surface area contributed by atoms with Crippen LogP contribution in [0.4, 0.5) is 10.1 Å². The van der Waals surface area contributed by atoms with E-state index in [0.29, 0.717) is 15.0 Å². The van der Waals surface area contributed by atoms with Gasteiger partial charge in [-0.1, -0.05) is 6.07 Å². The van der Waals surface area contributed by atoms with E-state index >= 15 is 0 Å². The quantitative estimate of drug-likeness (QED) is 0.682. The monoisotopic (exact) mass is 468 g/mol. The molecule has 1 fully saturated rings. The van der Waals surface area contributed by atoms with Crippen molar-refractivity contribution in [3.8, 4) is 5.75 Å². The summed E-state index contributed by atoms with van der Waals surface area (Å²) < 4.78 is 19.6. The Hall–Kier alpha value is -2.16. The van der Waals surface area contributed by atoms with Gasteiger partial charge in [-0.05, 0) is 65.8 Å². The zero-order valence-corrected chi connectivity index (χ0v) is 16.2. The van der Waals surface area contributed by atoms with Crippen molar-refractivity contribution in [2.24, 2.45) is 0 Å². The number of rotatable bonds is 5. The number of hydrogen-bond donors (Lipinski definition) is 1. The van der Waals surface area contributed by atoms with Crippen LogP contribution in [0.1, 0.15) is 23.2 Å². The maximum atomic E-state index is 13.4. The summed E-state index contributed by atoms with van der Waals surface area (Å²) in [6.45, 7) is 1.54. The van der Waals surface area contributed by atoms with Gasteiger partial charge in [-0.3, -0.25) is 9.59 Å². The zero-order chi connectivity index (χ0) is 18.5. The van der Waals surface area contributed by atoms with Crippen LogP contribution in [-0.2, 0) is 4.79 Å². The highest BCUT2D eigenvalue weighted by atomic mass is 127. The molecule has 0 radical (unpaired) electrons. The minimum absolute atomic E-state index is 0.0286. The molecule has 0 atom stereocenters. The molecule has 1 aliphatic rings. The van der Waals surface area contributed by atoms with E-state index in [4.69, 9.17) is 4.74 Å². The Balaban J connectivity index is 1.62. The van der Waals surface area contributed by atoms with Crippen molar-refractivity contribution in [1.29, 1.82) is 0 Å². The van der Waals surface area contributed by atoms with E-state index in [-0.39, 0.29) is 18.1 Å². The van der Waals surface area contributed by atoms with E-state index in [9.17, 15) is 14.0 Å². The summed E-state index contributed by atoms with van der Waals surface area (Å²) in [4.78, 5) is 26.2. The molecule has 2 amide bonds. The normalized spacial score (nSPS) is 13.5. The maximum Gasteiger partial charge on any atom is 0.260 e. The number of hydrogen-bond acceptors (Lipinski definition) is 3. The Kier molecular flexibility index (Phi) is 6.08. The molecule has 0 spiro atoms. The molecule has 2 aromatic carbocycles. The van der Waals surface area contributed by atoms with Crippen LogP contribution < -0.4 is 10.1 Å². The molecular weight excluding hydrogens is 450 g/mol. The predicted molar refractivity (Wildman–Crippen MR) is 105 cm³/mol. The Morgan fingerprint density at radius 2 is 1.92 bits per heavy atom. The number of likely N-dealkylation sites (tertiary alicyclic amines) is 1. The molecule has 0 aromatic heterocycles. The molecule has 26 heavy (non-hydrogen) atoms. The fourth-order valence-electron chi connectivity index (χ4n) is 2.74. The molecule has 1 aliphatic heterocycles. The summed E-state index contributed by atoms with van der Waals surface area (Å²) in [5, 5.41) is 2.72. The summed E-state index contributed by atoms with van der Waals surface area (Å²) in [6.07, 6.45) is 2.07. The van der Waals surface area contributed by atoms with Crippen LogP contribution in [0.3, 0.4) is 0 Å². The van der Waals surface area contributed by atoms with Crippen LogP contribution in [0, 0.1) is 9.39 Å². The van der Waals surface area contributed by atoms with Gasteiger partial charge in [0, 0.05) is 28.4 Å². The summed E-state index contributed by atoms with van der Waals surface area (Å²) in [6, 6.07) is 10.9. The SMILES string of the molecule is O=C(Nc1cccc(OCC(=O)N2CCCC2)c1)c1cc(F)ccc1I. The molecule has 0 aliphatic carbocycles. The predicted octanol–water partition coefficient (Wildman–Crippen LogP) is 3.68. The Labute approximate surface area is 164 Å². The van der Waals surface area contributed by atoms with Crippen molar-refractivity contribution in [3.05, 3.63) is 57.4 Å². The summed E-state index contributed by atoms with van der Waals surface area (Å²) in [7, 11) is 0. The second-order valence-electron chi connectivity index (χ2n) is 5.98. The first kappa shape index (κ1) is 18.6. The lowest BCUT2D eigenvalue weighted by Crippen LogP contribution is -2.32. The van der Waals surface area contributed by atoms with E-state index in [0.717, 1.165) is 25.9 Å². The minimum Gasteiger partial charge on any atom is -0.484 e. The molecule has 136 valence electrons. The highest BCUT2D eigenvalue weighted by molar-refractivity contribution is 14.1. The molecule has 7 heteroatoms. The van der Waals surface area contributed by atoms with E-state index in [1.165, 1.54) is 12.1 Å². The van der Waals surface area contributed by atoms with Crippen LogP contribution in [0.2, 0.25) is 0 Å². The standard InChI is InChI=1S/C19H18FIN2O3/c20-13-6-7-17(21)16(10-13)19(25)22-14-4-3-5-15(11-14)26-12-18(24)23-8-1-2-9-23/h3-7,10-11H,1-2,8-9,12H2,(H,22,25). The average Bonchev–Trinajstić information content (AvgIpc) is 3.17. The van der Waals surface area contributed by atoms with Gasteiger partial charge in [-0.2, -0.15) is 0 Å². The first-order chi connectivity index (χ1) is 12.5. The fourth-order valence-corrected chi connectivity index (χ4v) is 3.32. The summed E-state index contributed by atoms with van der Waals surface area (Å²) >= 11 is 1.99. The van der Waals surface area contributed by atoms with Gasteiger partial charge in [0.15, 0.2) is 6.61 Å². The Bertz CT molecular complexity index is 822. The first-order valence-corrected chi connectivity index (χ1v) is 9.38. The topological polar surface area (TPSA) is 58.6 Å². The first-order valence-electron chi connectivity index (χ1n) is 8.30. The molecule has 1 saturated heterocycles. The molecular formula is C19H18FIN2O3. The number of amides is 2. The fraction of sp³-hybridized carbons (Fsp3) is 0.263. The molecule has 1 N–H and O–H groups in total. The maximum absolute atomic E-state index is 13.4. The Morgan fingerprint density at radius 3 is 2.69 bits per heavy atom. The largest absolute Gasteiger partial charge is 0.484 e.